The summed E-state index contributed by atoms with van der Waals surface area (Å²) in [6.07, 6.45) is 2.93. The number of amides is 1. The fraction of sp³-hybridized carbons (Fsp3) is 0.190. The zero-order chi connectivity index (χ0) is 20.1. The van der Waals surface area contributed by atoms with E-state index in [9.17, 15) is 4.79 Å². The molecule has 0 fully saturated rings. The van der Waals surface area contributed by atoms with Gasteiger partial charge >= 0.3 is 0 Å². The van der Waals surface area contributed by atoms with Gasteiger partial charge in [-0.1, -0.05) is 12.1 Å². The quantitative estimate of drug-likeness (QED) is 0.671. The maximum atomic E-state index is 12.5. The molecule has 7 nitrogen and oxygen atoms in total. The van der Waals surface area contributed by atoms with Crippen molar-refractivity contribution < 1.29 is 14.3 Å². The Balaban J connectivity index is 1.73. The third kappa shape index (κ3) is 4.20. The highest BCUT2D eigenvalue weighted by Crippen LogP contribution is 2.30. The van der Waals surface area contributed by atoms with Crippen molar-refractivity contribution in [3.63, 3.8) is 0 Å². The second-order valence-electron chi connectivity index (χ2n) is 6.18. The number of carbonyl (C=O) groups excluding carboxylic acids is 1. The normalized spacial score (nSPS) is 10.3. The molecule has 7 heteroatoms. The number of rotatable bonds is 6. The molecule has 0 aliphatic heterocycles. The third-order valence-electron chi connectivity index (χ3n) is 4.41. The largest absolute Gasteiger partial charge is 0.497 e. The number of hydrogen-bond donors (Lipinski definition) is 2. The Hall–Kier alpha value is -3.61. The van der Waals surface area contributed by atoms with Crippen LogP contribution in [-0.4, -0.2) is 30.1 Å². The summed E-state index contributed by atoms with van der Waals surface area (Å²) >= 11 is 0. The molecule has 0 aliphatic carbocycles. The number of nitrogens with zero attached hydrogens (tertiary/aromatic N) is 2. The fourth-order valence-electron chi connectivity index (χ4n) is 2.62. The molecular formula is C21H22N4O3. The van der Waals surface area contributed by atoms with Crippen LogP contribution >= 0.6 is 0 Å². The number of ether oxygens (including phenoxy) is 2. The van der Waals surface area contributed by atoms with Gasteiger partial charge in [0.25, 0.3) is 5.91 Å². The highest BCUT2D eigenvalue weighted by Gasteiger charge is 2.12. The molecule has 2 N–H and O–H groups in total. The van der Waals surface area contributed by atoms with Crippen LogP contribution in [0.3, 0.4) is 0 Å². The van der Waals surface area contributed by atoms with Gasteiger partial charge in [-0.15, -0.1) is 0 Å². The van der Waals surface area contributed by atoms with Crippen molar-refractivity contribution >= 4 is 23.1 Å². The lowest BCUT2D eigenvalue weighted by atomic mass is 10.1. The van der Waals surface area contributed by atoms with Gasteiger partial charge in [0, 0.05) is 11.8 Å². The first-order valence-corrected chi connectivity index (χ1v) is 8.70. The monoisotopic (exact) mass is 378 g/mol. The first kappa shape index (κ1) is 19.2. The minimum Gasteiger partial charge on any atom is -0.497 e. The fourth-order valence-corrected chi connectivity index (χ4v) is 2.62. The van der Waals surface area contributed by atoms with Crippen molar-refractivity contribution in [2.75, 3.05) is 24.9 Å². The standard InChI is InChI=1S/C21H22N4O3/c1-13-6-5-7-16(14(13)2)25-21(26)18-11-23-20(12-22-18)24-17-9-8-15(27-3)10-19(17)28-4/h5-12H,1-4H3,(H,23,24)(H,25,26). The second kappa shape index (κ2) is 8.39. The van der Waals surface area contributed by atoms with Gasteiger partial charge in [-0.3, -0.25) is 4.79 Å². The van der Waals surface area contributed by atoms with Gasteiger partial charge in [-0.05, 0) is 43.2 Å². The highest BCUT2D eigenvalue weighted by atomic mass is 16.5. The summed E-state index contributed by atoms with van der Waals surface area (Å²) in [5.41, 5.74) is 3.83. The molecule has 1 amide bonds. The van der Waals surface area contributed by atoms with E-state index in [0.717, 1.165) is 16.8 Å². The van der Waals surface area contributed by atoms with Crippen molar-refractivity contribution in [3.05, 3.63) is 65.6 Å². The van der Waals surface area contributed by atoms with Gasteiger partial charge in [0.15, 0.2) is 0 Å². The Labute approximate surface area is 163 Å². The summed E-state index contributed by atoms with van der Waals surface area (Å²) in [5.74, 6) is 1.48. The van der Waals surface area contributed by atoms with Gasteiger partial charge in [-0.2, -0.15) is 0 Å². The van der Waals surface area contributed by atoms with Crippen LogP contribution in [0.2, 0.25) is 0 Å². The third-order valence-corrected chi connectivity index (χ3v) is 4.41. The van der Waals surface area contributed by atoms with Crippen molar-refractivity contribution in [1.82, 2.24) is 9.97 Å². The van der Waals surface area contributed by atoms with E-state index < -0.39 is 0 Å². The second-order valence-corrected chi connectivity index (χ2v) is 6.18. The number of benzene rings is 2. The molecule has 144 valence electrons. The molecule has 0 radical (unpaired) electrons. The van der Waals surface area contributed by atoms with Crippen LogP contribution < -0.4 is 20.1 Å². The van der Waals surface area contributed by atoms with Gasteiger partial charge < -0.3 is 20.1 Å². The summed E-state index contributed by atoms with van der Waals surface area (Å²) in [5, 5.41) is 5.99. The van der Waals surface area contributed by atoms with Crippen molar-refractivity contribution in [3.8, 4) is 11.5 Å². The Morgan fingerprint density at radius 2 is 1.79 bits per heavy atom. The highest BCUT2D eigenvalue weighted by molar-refractivity contribution is 6.03. The van der Waals surface area contributed by atoms with E-state index in [2.05, 4.69) is 20.6 Å². The van der Waals surface area contributed by atoms with Crippen LogP contribution in [0, 0.1) is 13.8 Å². The average molecular weight is 378 g/mol. The van der Waals surface area contributed by atoms with E-state index in [1.807, 2.05) is 44.2 Å². The SMILES string of the molecule is COc1ccc(Nc2cnc(C(=O)Nc3cccc(C)c3C)cn2)c(OC)c1. The molecule has 0 aliphatic rings. The smallest absolute Gasteiger partial charge is 0.275 e. The molecule has 0 spiro atoms. The number of aromatic nitrogens is 2. The van der Waals surface area contributed by atoms with E-state index in [1.165, 1.54) is 12.4 Å². The predicted molar refractivity (Wildman–Crippen MR) is 109 cm³/mol. The molecule has 1 heterocycles. The summed E-state index contributed by atoms with van der Waals surface area (Å²) in [6.45, 7) is 3.96. The lowest BCUT2D eigenvalue weighted by Crippen LogP contribution is -2.15. The first-order valence-electron chi connectivity index (χ1n) is 8.70. The minimum atomic E-state index is -0.310. The molecule has 3 rings (SSSR count). The van der Waals surface area contributed by atoms with Crippen LogP contribution in [0.1, 0.15) is 21.6 Å². The average Bonchev–Trinajstić information content (AvgIpc) is 2.72. The van der Waals surface area contributed by atoms with Crippen molar-refractivity contribution in [1.29, 1.82) is 0 Å². The van der Waals surface area contributed by atoms with E-state index in [-0.39, 0.29) is 11.6 Å². The van der Waals surface area contributed by atoms with E-state index in [1.54, 1.807) is 20.3 Å². The summed E-state index contributed by atoms with van der Waals surface area (Å²) in [6, 6.07) is 11.2. The Morgan fingerprint density at radius 1 is 0.964 bits per heavy atom. The van der Waals surface area contributed by atoms with Gasteiger partial charge in [0.1, 0.15) is 23.0 Å². The van der Waals surface area contributed by atoms with E-state index in [0.29, 0.717) is 23.0 Å². The Bertz CT molecular complexity index is 987. The van der Waals surface area contributed by atoms with Crippen molar-refractivity contribution in [2.24, 2.45) is 0 Å². The summed E-state index contributed by atoms with van der Waals surface area (Å²) in [7, 11) is 3.17. The summed E-state index contributed by atoms with van der Waals surface area (Å²) < 4.78 is 10.5. The Kier molecular flexibility index (Phi) is 5.74. The maximum Gasteiger partial charge on any atom is 0.275 e. The molecule has 1 aromatic heterocycles. The van der Waals surface area contributed by atoms with Crippen LogP contribution in [0.15, 0.2) is 48.8 Å². The number of hydrogen-bond acceptors (Lipinski definition) is 6. The maximum absolute atomic E-state index is 12.5. The topological polar surface area (TPSA) is 85.4 Å². The number of anilines is 3. The molecular weight excluding hydrogens is 356 g/mol. The van der Waals surface area contributed by atoms with E-state index >= 15 is 0 Å². The summed E-state index contributed by atoms with van der Waals surface area (Å²) in [4.78, 5) is 20.9. The number of methoxy groups -OCH3 is 2. The Morgan fingerprint density at radius 3 is 2.46 bits per heavy atom. The lowest BCUT2D eigenvalue weighted by molar-refractivity contribution is 0.102. The molecule has 0 unspecified atom stereocenters. The number of carbonyl (C=O) groups is 1. The van der Waals surface area contributed by atoms with Crippen LogP contribution in [0.4, 0.5) is 17.2 Å². The minimum absolute atomic E-state index is 0.230. The van der Waals surface area contributed by atoms with Crippen LogP contribution in [-0.2, 0) is 0 Å². The molecule has 0 atom stereocenters. The number of nitrogens with one attached hydrogen (secondary N) is 2. The predicted octanol–water partition coefficient (Wildman–Crippen LogP) is 4.11. The molecule has 0 saturated carbocycles. The first-order chi connectivity index (χ1) is 13.5. The van der Waals surface area contributed by atoms with Crippen molar-refractivity contribution in [2.45, 2.75) is 13.8 Å². The zero-order valence-electron chi connectivity index (χ0n) is 16.2. The van der Waals surface area contributed by atoms with Crippen LogP contribution in [0.5, 0.6) is 11.5 Å². The molecule has 28 heavy (non-hydrogen) atoms. The molecule has 3 aromatic rings. The van der Waals surface area contributed by atoms with E-state index in [4.69, 9.17) is 9.47 Å². The molecule has 0 saturated heterocycles. The van der Waals surface area contributed by atoms with Gasteiger partial charge in [-0.25, -0.2) is 9.97 Å². The van der Waals surface area contributed by atoms with Gasteiger partial charge in [0.05, 0.1) is 32.3 Å². The van der Waals surface area contributed by atoms with Crippen LogP contribution in [0.25, 0.3) is 0 Å². The number of aryl methyl sites for hydroxylation is 1. The van der Waals surface area contributed by atoms with Gasteiger partial charge in [0.2, 0.25) is 0 Å². The molecule has 0 bridgehead atoms. The lowest BCUT2D eigenvalue weighted by Gasteiger charge is -2.12. The molecule has 2 aromatic carbocycles. The zero-order valence-corrected chi connectivity index (χ0v) is 16.2.